The van der Waals surface area contributed by atoms with Crippen LogP contribution in [0.15, 0.2) is 32.0 Å². The third-order valence-electron chi connectivity index (χ3n) is 3.13. The minimum absolute atomic E-state index is 0.155. The molecule has 1 aromatic carbocycles. The van der Waals surface area contributed by atoms with Crippen LogP contribution in [0, 0.1) is 0 Å². The largest absolute Gasteiger partial charge is 0.394 e. The summed E-state index contributed by atoms with van der Waals surface area (Å²) in [6, 6.07) is 4.67. The zero-order chi connectivity index (χ0) is 14.9. The molecule has 1 aliphatic rings. The lowest BCUT2D eigenvalue weighted by Gasteiger charge is -2.36. The van der Waals surface area contributed by atoms with E-state index in [0.717, 1.165) is 4.47 Å². The first-order valence-corrected chi connectivity index (χ1v) is 9.08. The fourth-order valence-electron chi connectivity index (χ4n) is 2.05. The van der Waals surface area contributed by atoms with E-state index >= 15 is 0 Å². The summed E-state index contributed by atoms with van der Waals surface area (Å²) in [5.41, 5.74) is 0. The van der Waals surface area contributed by atoms with Gasteiger partial charge in [-0.2, -0.15) is 4.31 Å². The van der Waals surface area contributed by atoms with Crippen molar-refractivity contribution < 1.29 is 18.3 Å². The smallest absolute Gasteiger partial charge is 0.244 e. The lowest BCUT2D eigenvalue weighted by Crippen LogP contribution is -2.51. The molecule has 0 radical (unpaired) electrons. The predicted octanol–water partition coefficient (Wildman–Crippen LogP) is 1.98. The van der Waals surface area contributed by atoms with Crippen molar-refractivity contribution in [3.8, 4) is 0 Å². The number of aliphatic hydroxyl groups is 1. The molecule has 0 bridgehead atoms. The first-order valence-electron chi connectivity index (χ1n) is 6.05. The standard InChI is InChI=1S/C12H15Br2NO4S/c1-8-7-19-10(6-16)5-15(8)20(17,18)12-3-2-9(13)4-11(12)14/h2-4,8,10,16H,5-7H2,1H3. The second-order valence-corrected chi connectivity index (χ2v) is 8.27. The molecular formula is C12H15Br2NO4S. The van der Waals surface area contributed by atoms with E-state index in [1.165, 1.54) is 4.31 Å². The maximum absolute atomic E-state index is 12.7. The molecule has 1 heterocycles. The molecule has 0 aromatic heterocycles. The van der Waals surface area contributed by atoms with Crippen molar-refractivity contribution in [2.45, 2.75) is 24.0 Å². The van der Waals surface area contributed by atoms with Gasteiger partial charge in [0, 0.05) is 21.5 Å². The summed E-state index contributed by atoms with van der Waals surface area (Å²) < 4.78 is 33.5. The molecular weight excluding hydrogens is 414 g/mol. The number of benzene rings is 1. The van der Waals surface area contributed by atoms with Gasteiger partial charge in [-0.15, -0.1) is 0 Å². The summed E-state index contributed by atoms with van der Waals surface area (Å²) >= 11 is 6.59. The SMILES string of the molecule is CC1COC(CO)CN1S(=O)(=O)c1ccc(Br)cc1Br. The Labute approximate surface area is 135 Å². The summed E-state index contributed by atoms with van der Waals surface area (Å²) in [4.78, 5) is 0.214. The molecule has 0 aliphatic carbocycles. The summed E-state index contributed by atoms with van der Waals surface area (Å²) in [6.45, 7) is 2.03. The van der Waals surface area contributed by atoms with Crippen molar-refractivity contribution >= 4 is 41.9 Å². The van der Waals surface area contributed by atoms with E-state index in [4.69, 9.17) is 9.84 Å². The highest BCUT2D eigenvalue weighted by atomic mass is 79.9. The zero-order valence-electron chi connectivity index (χ0n) is 10.8. The summed E-state index contributed by atoms with van der Waals surface area (Å²) in [6.07, 6.45) is -0.477. The van der Waals surface area contributed by atoms with Crippen LogP contribution in [0.4, 0.5) is 0 Å². The van der Waals surface area contributed by atoms with Crippen LogP contribution in [0.1, 0.15) is 6.92 Å². The van der Waals surface area contributed by atoms with Crippen LogP contribution in [0.5, 0.6) is 0 Å². The highest BCUT2D eigenvalue weighted by molar-refractivity contribution is 9.11. The minimum atomic E-state index is -3.63. The first kappa shape index (κ1) is 16.4. The molecule has 5 nitrogen and oxygen atoms in total. The fraction of sp³-hybridized carbons (Fsp3) is 0.500. The maximum Gasteiger partial charge on any atom is 0.244 e. The summed E-state index contributed by atoms with van der Waals surface area (Å²) in [5, 5.41) is 9.16. The van der Waals surface area contributed by atoms with Gasteiger partial charge in [0.25, 0.3) is 0 Å². The van der Waals surface area contributed by atoms with Crippen LogP contribution >= 0.6 is 31.9 Å². The minimum Gasteiger partial charge on any atom is -0.394 e. The molecule has 0 spiro atoms. The first-order chi connectivity index (χ1) is 9.36. The normalized spacial score (nSPS) is 24.8. The molecule has 112 valence electrons. The maximum atomic E-state index is 12.7. The van der Waals surface area contributed by atoms with Gasteiger partial charge in [-0.3, -0.25) is 0 Å². The average molecular weight is 429 g/mol. The molecule has 2 atom stereocenters. The molecule has 1 fully saturated rings. The highest BCUT2D eigenvalue weighted by Gasteiger charge is 2.36. The van der Waals surface area contributed by atoms with E-state index < -0.39 is 16.1 Å². The van der Waals surface area contributed by atoms with Gasteiger partial charge in [0.05, 0.1) is 24.2 Å². The van der Waals surface area contributed by atoms with Crippen molar-refractivity contribution in [1.29, 1.82) is 0 Å². The molecule has 8 heteroatoms. The molecule has 2 unspecified atom stereocenters. The molecule has 0 amide bonds. The Morgan fingerprint density at radius 2 is 2.15 bits per heavy atom. The van der Waals surface area contributed by atoms with Crippen molar-refractivity contribution in [2.24, 2.45) is 0 Å². The number of morpholine rings is 1. The molecule has 1 saturated heterocycles. The Morgan fingerprint density at radius 1 is 1.45 bits per heavy atom. The Kier molecular flexibility index (Phi) is 5.25. The topological polar surface area (TPSA) is 66.8 Å². The van der Waals surface area contributed by atoms with Crippen LogP contribution in [0.3, 0.4) is 0 Å². The van der Waals surface area contributed by atoms with E-state index in [2.05, 4.69) is 31.9 Å². The van der Waals surface area contributed by atoms with Gasteiger partial charge in [-0.1, -0.05) is 15.9 Å². The molecule has 1 aliphatic heterocycles. The van der Waals surface area contributed by atoms with Gasteiger partial charge in [0.2, 0.25) is 10.0 Å². The summed E-state index contributed by atoms with van der Waals surface area (Å²) in [7, 11) is -3.63. The van der Waals surface area contributed by atoms with Crippen molar-refractivity contribution in [2.75, 3.05) is 19.8 Å². The van der Waals surface area contributed by atoms with Gasteiger partial charge in [0.1, 0.15) is 0 Å². The van der Waals surface area contributed by atoms with E-state index in [0.29, 0.717) is 4.47 Å². The van der Waals surface area contributed by atoms with Gasteiger partial charge in [-0.25, -0.2) is 8.42 Å². The average Bonchev–Trinajstić information content (AvgIpc) is 2.38. The number of halogens is 2. The van der Waals surface area contributed by atoms with Crippen LogP contribution in [0.2, 0.25) is 0 Å². The Bertz CT molecular complexity index is 593. The van der Waals surface area contributed by atoms with Crippen molar-refractivity contribution in [3.05, 3.63) is 27.1 Å². The van der Waals surface area contributed by atoms with E-state index in [1.807, 2.05) is 0 Å². The number of rotatable bonds is 3. The monoisotopic (exact) mass is 427 g/mol. The highest BCUT2D eigenvalue weighted by Crippen LogP contribution is 2.30. The number of ether oxygens (including phenoxy) is 1. The van der Waals surface area contributed by atoms with Gasteiger partial charge < -0.3 is 9.84 Å². The fourth-order valence-corrected chi connectivity index (χ4v) is 5.40. The molecule has 0 saturated carbocycles. The Morgan fingerprint density at radius 3 is 2.75 bits per heavy atom. The Balaban J connectivity index is 2.38. The van der Waals surface area contributed by atoms with E-state index in [1.54, 1.807) is 25.1 Å². The number of aliphatic hydroxyl groups excluding tert-OH is 1. The molecule has 1 aromatic rings. The lowest BCUT2D eigenvalue weighted by atomic mass is 10.2. The van der Waals surface area contributed by atoms with E-state index in [9.17, 15) is 8.42 Å². The number of hydrogen-bond donors (Lipinski definition) is 1. The molecule has 2 rings (SSSR count). The quantitative estimate of drug-likeness (QED) is 0.799. The number of sulfonamides is 1. The number of nitrogens with zero attached hydrogens (tertiary/aromatic N) is 1. The third kappa shape index (κ3) is 3.26. The van der Waals surface area contributed by atoms with Crippen molar-refractivity contribution in [3.63, 3.8) is 0 Å². The van der Waals surface area contributed by atoms with Crippen LogP contribution in [-0.2, 0) is 14.8 Å². The third-order valence-corrected chi connectivity index (χ3v) is 6.58. The Hall–Kier alpha value is 0.01000. The number of hydrogen-bond acceptors (Lipinski definition) is 4. The second-order valence-electron chi connectivity index (χ2n) is 4.64. The second kappa shape index (κ2) is 6.41. The van der Waals surface area contributed by atoms with Crippen LogP contribution in [0.25, 0.3) is 0 Å². The molecule has 20 heavy (non-hydrogen) atoms. The van der Waals surface area contributed by atoms with Crippen LogP contribution < -0.4 is 0 Å². The van der Waals surface area contributed by atoms with Crippen molar-refractivity contribution in [1.82, 2.24) is 4.31 Å². The van der Waals surface area contributed by atoms with Gasteiger partial charge >= 0.3 is 0 Å². The lowest BCUT2D eigenvalue weighted by molar-refractivity contribution is -0.0516. The summed E-state index contributed by atoms with van der Waals surface area (Å²) in [5.74, 6) is 0. The van der Waals surface area contributed by atoms with Gasteiger partial charge in [-0.05, 0) is 41.1 Å². The molecule has 1 N–H and O–H groups in total. The van der Waals surface area contributed by atoms with Gasteiger partial charge in [0.15, 0.2) is 0 Å². The van der Waals surface area contributed by atoms with Crippen LogP contribution in [-0.4, -0.2) is 49.7 Å². The zero-order valence-corrected chi connectivity index (χ0v) is 14.8. The predicted molar refractivity (Wildman–Crippen MR) is 82.0 cm³/mol. The van der Waals surface area contributed by atoms with E-state index in [-0.39, 0.29) is 30.7 Å².